The van der Waals surface area contributed by atoms with Crippen LogP contribution in [0.4, 0.5) is 8.78 Å². The third-order valence-electron chi connectivity index (χ3n) is 6.20. The Balaban J connectivity index is 2.09. The van der Waals surface area contributed by atoms with Gasteiger partial charge in [0.25, 0.3) is 0 Å². The van der Waals surface area contributed by atoms with E-state index in [0.717, 1.165) is 0 Å². The summed E-state index contributed by atoms with van der Waals surface area (Å²) >= 11 is 0. The molecule has 2 aliphatic carbocycles. The first-order chi connectivity index (χ1) is 17.4. The number of rotatable bonds is 0. The fourth-order valence-corrected chi connectivity index (χ4v) is 4.84. The molecular formula is C28H6F2N6. The van der Waals surface area contributed by atoms with E-state index < -0.39 is 17.2 Å². The number of benzene rings is 3. The number of hydrogen-bond acceptors (Lipinski definition) is 6. The molecule has 3 aromatic carbocycles. The van der Waals surface area contributed by atoms with Crippen molar-refractivity contribution in [1.29, 1.82) is 31.6 Å². The summed E-state index contributed by atoms with van der Waals surface area (Å²) in [5.41, 5.74) is -0.226. The van der Waals surface area contributed by atoms with Crippen molar-refractivity contribution < 1.29 is 8.78 Å². The highest BCUT2D eigenvalue weighted by atomic mass is 19.2. The summed E-state index contributed by atoms with van der Waals surface area (Å²) in [4.78, 5) is 0. The van der Waals surface area contributed by atoms with E-state index in [1.54, 1.807) is 24.3 Å². The van der Waals surface area contributed by atoms with Gasteiger partial charge in [0.2, 0.25) is 0 Å². The van der Waals surface area contributed by atoms with Crippen LogP contribution in [0, 0.1) is 79.6 Å². The summed E-state index contributed by atoms with van der Waals surface area (Å²) in [5, 5.41) is 57.4. The van der Waals surface area contributed by atoms with Crippen LogP contribution >= 0.6 is 0 Å². The lowest BCUT2D eigenvalue weighted by Gasteiger charge is -2.13. The average molecular weight is 464 g/mol. The molecule has 0 bridgehead atoms. The van der Waals surface area contributed by atoms with Gasteiger partial charge in [-0.2, -0.15) is 31.6 Å². The van der Waals surface area contributed by atoms with Crippen molar-refractivity contribution in [2.45, 2.75) is 0 Å². The largest absolute Gasteiger partial charge is 0.203 e. The molecule has 0 fully saturated rings. The molecule has 2 aliphatic rings. The van der Waals surface area contributed by atoms with Crippen molar-refractivity contribution >= 4 is 11.1 Å². The fourth-order valence-electron chi connectivity index (χ4n) is 4.84. The van der Waals surface area contributed by atoms with Gasteiger partial charge in [0.1, 0.15) is 35.4 Å². The molecule has 0 atom stereocenters. The Labute approximate surface area is 202 Å². The summed E-state index contributed by atoms with van der Waals surface area (Å²) in [6.45, 7) is 0. The van der Waals surface area contributed by atoms with Crippen molar-refractivity contribution in [1.82, 2.24) is 0 Å². The van der Waals surface area contributed by atoms with Crippen molar-refractivity contribution in [2.24, 2.45) is 0 Å². The Hall–Kier alpha value is -6.06. The molecule has 0 heterocycles. The number of hydrogen-bond donors (Lipinski definition) is 0. The van der Waals surface area contributed by atoms with E-state index in [9.17, 15) is 31.6 Å². The monoisotopic (exact) mass is 464 g/mol. The first kappa shape index (κ1) is 21.8. The topological polar surface area (TPSA) is 143 Å². The van der Waals surface area contributed by atoms with Crippen LogP contribution in [0.3, 0.4) is 0 Å². The SMILES string of the molecule is N#CC(C#N)=C1c2cc(C#N)ccc2-c2c1c(F)c(F)c1c2C(=C(C#N)C#N)c2cc(C#N)ccc2-1. The van der Waals surface area contributed by atoms with Crippen LogP contribution in [0.5, 0.6) is 0 Å². The molecule has 0 N–H and O–H groups in total. The number of nitriles is 6. The maximum absolute atomic E-state index is 15.8. The highest BCUT2D eigenvalue weighted by Crippen LogP contribution is 2.58. The number of halogens is 2. The van der Waals surface area contributed by atoms with E-state index in [2.05, 4.69) is 0 Å². The van der Waals surface area contributed by atoms with Crippen molar-refractivity contribution in [2.75, 3.05) is 0 Å². The first-order valence-corrected chi connectivity index (χ1v) is 10.2. The quantitative estimate of drug-likeness (QED) is 0.282. The normalized spacial score (nSPS) is 11.3. The zero-order valence-electron chi connectivity index (χ0n) is 17.9. The highest BCUT2D eigenvalue weighted by Gasteiger charge is 2.41. The molecule has 0 aliphatic heterocycles. The molecule has 0 saturated carbocycles. The Kier molecular flexibility index (Phi) is 4.70. The van der Waals surface area contributed by atoms with E-state index >= 15 is 8.78 Å². The molecule has 8 heteroatoms. The van der Waals surface area contributed by atoms with E-state index in [1.165, 1.54) is 36.4 Å². The van der Waals surface area contributed by atoms with Crippen molar-refractivity contribution in [3.63, 3.8) is 0 Å². The highest BCUT2D eigenvalue weighted by molar-refractivity contribution is 6.15. The second-order valence-electron chi connectivity index (χ2n) is 7.82. The fraction of sp³-hybridized carbons (Fsp3) is 0. The second kappa shape index (κ2) is 7.76. The molecule has 162 valence electrons. The number of fused-ring (bicyclic) bond motifs is 7. The Morgan fingerprint density at radius 3 is 1.36 bits per heavy atom. The lowest BCUT2D eigenvalue weighted by Crippen LogP contribution is -2.01. The van der Waals surface area contributed by atoms with Crippen LogP contribution in [0.1, 0.15) is 33.4 Å². The standard InChI is InChI=1S/C28H6F2N6/c29-27-24-18-4-2-14(8-32)6-20(18)21(15(9-33)10-34)25(24)23-17-3-1-13(7-31)5-19(17)22(16(11-35)12-36)26(23)28(27)30/h1-6H. The summed E-state index contributed by atoms with van der Waals surface area (Å²) in [5.74, 6) is -2.61. The molecule has 0 spiro atoms. The van der Waals surface area contributed by atoms with Crippen molar-refractivity contribution in [3.05, 3.63) is 92.6 Å². The molecule has 0 unspecified atom stereocenters. The van der Waals surface area contributed by atoms with Gasteiger partial charge in [-0.3, -0.25) is 0 Å². The maximum Gasteiger partial charge on any atom is 0.168 e. The number of allylic oxidation sites excluding steroid dienone is 2. The van der Waals surface area contributed by atoms with Crippen LogP contribution in [-0.2, 0) is 0 Å². The average Bonchev–Trinajstić information content (AvgIpc) is 3.41. The molecule has 0 saturated heterocycles. The Morgan fingerprint density at radius 2 is 0.917 bits per heavy atom. The lowest BCUT2D eigenvalue weighted by atomic mass is 9.89. The van der Waals surface area contributed by atoms with Gasteiger partial charge < -0.3 is 0 Å². The third-order valence-corrected chi connectivity index (χ3v) is 6.20. The van der Waals surface area contributed by atoms with Gasteiger partial charge in [-0.15, -0.1) is 0 Å². The lowest BCUT2D eigenvalue weighted by molar-refractivity contribution is 0.510. The molecule has 5 rings (SSSR count). The molecular weight excluding hydrogens is 458 g/mol. The van der Waals surface area contributed by atoms with Gasteiger partial charge in [-0.1, -0.05) is 12.1 Å². The molecule has 0 amide bonds. The molecule has 0 aromatic heterocycles. The Bertz CT molecular complexity index is 1890. The maximum atomic E-state index is 15.8. The van der Waals surface area contributed by atoms with Crippen LogP contribution in [0.2, 0.25) is 0 Å². The second-order valence-corrected chi connectivity index (χ2v) is 7.82. The van der Waals surface area contributed by atoms with E-state index in [1.807, 2.05) is 12.1 Å². The van der Waals surface area contributed by atoms with Crippen LogP contribution in [0.25, 0.3) is 33.4 Å². The van der Waals surface area contributed by atoms with Gasteiger partial charge in [0.05, 0.1) is 23.3 Å². The summed E-state index contributed by atoms with van der Waals surface area (Å²) < 4.78 is 31.6. The first-order valence-electron chi connectivity index (χ1n) is 10.2. The van der Waals surface area contributed by atoms with Crippen LogP contribution in [0.15, 0.2) is 47.5 Å². The minimum Gasteiger partial charge on any atom is -0.203 e. The van der Waals surface area contributed by atoms with Crippen LogP contribution in [-0.4, -0.2) is 0 Å². The summed E-state index contributed by atoms with van der Waals surface area (Å²) in [6, 6.07) is 19.5. The minimum atomic E-state index is -1.32. The van der Waals surface area contributed by atoms with E-state index in [-0.39, 0.29) is 66.8 Å². The van der Waals surface area contributed by atoms with E-state index in [4.69, 9.17) is 0 Å². The minimum absolute atomic E-state index is 0.0178. The molecule has 36 heavy (non-hydrogen) atoms. The predicted octanol–water partition coefficient (Wildman–Crippen LogP) is 5.37. The van der Waals surface area contributed by atoms with E-state index in [0.29, 0.717) is 5.56 Å². The molecule has 6 nitrogen and oxygen atoms in total. The van der Waals surface area contributed by atoms with Crippen molar-refractivity contribution in [3.8, 4) is 58.7 Å². The zero-order chi connectivity index (χ0) is 25.7. The van der Waals surface area contributed by atoms with Gasteiger partial charge in [0, 0.05) is 33.4 Å². The van der Waals surface area contributed by atoms with Crippen LogP contribution < -0.4 is 0 Å². The third kappa shape index (κ3) is 2.62. The zero-order valence-corrected chi connectivity index (χ0v) is 17.9. The van der Waals surface area contributed by atoms with Gasteiger partial charge in [0.15, 0.2) is 11.6 Å². The smallest absolute Gasteiger partial charge is 0.168 e. The molecule has 3 aromatic rings. The summed E-state index contributed by atoms with van der Waals surface area (Å²) in [6.07, 6.45) is 0. The Morgan fingerprint density at radius 1 is 0.500 bits per heavy atom. The summed E-state index contributed by atoms with van der Waals surface area (Å²) in [7, 11) is 0. The van der Waals surface area contributed by atoms with Gasteiger partial charge >= 0.3 is 0 Å². The predicted molar refractivity (Wildman–Crippen MR) is 121 cm³/mol. The van der Waals surface area contributed by atoms with Gasteiger partial charge in [-0.05, 0) is 46.5 Å². The van der Waals surface area contributed by atoms with Gasteiger partial charge in [-0.25, -0.2) is 8.78 Å². The number of nitrogens with zero attached hydrogens (tertiary/aromatic N) is 6. The molecule has 0 radical (unpaired) electrons.